The number of amides is 1. The molecule has 0 aliphatic rings. The summed E-state index contributed by atoms with van der Waals surface area (Å²) in [5.41, 5.74) is 0.717. The lowest BCUT2D eigenvalue weighted by atomic mass is 10.1. The molecule has 106 valence electrons. The second-order valence-corrected chi connectivity index (χ2v) is 4.60. The Kier molecular flexibility index (Phi) is 6.84. The maximum Gasteiger partial charge on any atom is 0.249 e. The molecule has 0 radical (unpaired) electrons. The number of nitrogens with one attached hydrogen (secondary N) is 1. The first-order chi connectivity index (χ1) is 9.08. The van der Waals surface area contributed by atoms with Gasteiger partial charge in [-0.2, -0.15) is 0 Å². The number of hydrogen-bond donors (Lipinski definition) is 2. The number of aliphatic hydroxyl groups excluding tert-OH is 1. The van der Waals surface area contributed by atoms with Crippen LogP contribution in [0.5, 0.6) is 0 Å². The molecule has 2 N–H and O–H groups in total. The van der Waals surface area contributed by atoms with Crippen molar-refractivity contribution in [2.75, 3.05) is 13.2 Å². The first-order valence-corrected chi connectivity index (χ1v) is 6.79. The molecule has 2 unspecified atom stereocenters. The molecule has 0 saturated carbocycles. The van der Waals surface area contributed by atoms with Crippen molar-refractivity contribution in [3.8, 4) is 0 Å². The van der Waals surface area contributed by atoms with Crippen LogP contribution in [0.2, 0.25) is 5.02 Å². The van der Waals surface area contributed by atoms with Crippen molar-refractivity contribution < 1.29 is 14.6 Å². The maximum atomic E-state index is 11.8. The molecule has 0 aliphatic carbocycles. The molecule has 0 aromatic heterocycles. The van der Waals surface area contributed by atoms with Gasteiger partial charge in [-0.15, -0.1) is 0 Å². The van der Waals surface area contributed by atoms with Gasteiger partial charge in [-0.25, -0.2) is 0 Å². The highest BCUT2D eigenvalue weighted by Crippen LogP contribution is 2.15. The summed E-state index contributed by atoms with van der Waals surface area (Å²) in [4.78, 5) is 11.8. The average Bonchev–Trinajstić information content (AvgIpc) is 2.42. The van der Waals surface area contributed by atoms with E-state index in [9.17, 15) is 9.90 Å². The van der Waals surface area contributed by atoms with Gasteiger partial charge in [-0.3, -0.25) is 4.79 Å². The molecule has 1 aromatic carbocycles. The van der Waals surface area contributed by atoms with Crippen LogP contribution in [0.15, 0.2) is 24.3 Å². The maximum absolute atomic E-state index is 11.8. The van der Waals surface area contributed by atoms with Gasteiger partial charge in [0.05, 0.1) is 6.10 Å². The summed E-state index contributed by atoms with van der Waals surface area (Å²) in [5.74, 6) is -0.197. The topological polar surface area (TPSA) is 58.6 Å². The molecule has 4 nitrogen and oxygen atoms in total. The first kappa shape index (κ1) is 16.0. The summed E-state index contributed by atoms with van der Waals surface area (Å²) < 4.78 is 5.30. The van der Waals surface area contributed by atoms with E-state index in [-0.39, 0.29) is 12.5 Å². The third-order valence-electron chi connectivity index (χ3n) is 2.76. The van der Waals surface area contributed by atoms with E-state index in [2.05, 4.69) is 5.32 Å². The highest BCUT2D eigenvalue weighted by Gasteiger charge is 2.17. The Labute approximate surface area is 118 Å². The van der Waals surface area contributed by atoms with E-state index in [0.29, 0.717) is 23.6 Å². The zero-order valence-corrected chi connectivity index (χ0v) is 12.0. The van der Waals surface area contributed by atoms with Gasteiger partial charge >= 0.3 is 0 Å². The lowest BCUT2D eigenvalue weighted by Crippen LogP contribution is -2.38. The molecule has 0 bridgehead atoms. The second kappa shape index (κ2) is 8.15. The number of hydrogen-bond acceptors (Lipinski definition) is 3. The van der Waals surface area contributed by atoms with E-state index in [1.165, 1.54) is 0 Å². The van der Waals surface area contributed by atoms with E-state index in [4.69, 9.17) is 16.3 Å². The molecule has 1 amide bonds. The Morgan fingerprint density at radius 2 is 2.00 bits per heavy atom. The Bertz CT molecular complexity index is 394. The van der Waals surface area contributed by atoms with E-state index in [1.54, 1.807) is 24.3 Å². The van der Waals surface area contributed by atoms with Crippen LogP contribution < -0.4 is 5.32 Å². The predicted octanol–water partition coefficient (Wildman–Crippen LogP) is 2.30. The molecule has 0 heterocycles. The van der Waals surface area contributed by atoms with Crippen LogP contribution in [0.1, 0.15) is 31.9 Å². The predicted molar refractivity (Wildman–Crippen MR) is 75.1 cm³/mol. The number of carbonyl (C=O) groups excluding carboxylic acids is 1. The Morgan fingerprint density at radius 3 is 2.53 bits per heavy atom. The lowest BCUT2D eigenvalue weighted by molar-refractivity contribution is -0.133. The van der Waals surface area contributed by atoms with Crippen molar-refractivity contribution in [2.24, 2.45) is 0 Å². The molecule has 5 heteroatoms. The molecule has 19 heavy (non-hydrogen) atoms. The fraction of sp³-hybridized carbons (Fsp3) is 0.500. The normalized spacial score (nSPS) is 13.9. The number of halogens is 1. The van der Waals surface area contributed by atoms with Crippen LogP contribution in [0.25, 0.3) is 0 Å². The molecular weight excluding hydrogens is 266 g/mol. The standard InChI is InChI=1S/C14H20ClNO3/c1-3-13(19-4-2)14(18)16-9-12(17)10-5-7-11(15)8-6-10/h5-8,12-13,17H,3-4,9H2,1-2H3,(H,16,18). The van der Waals surface area contributed by atoms with Crippen LogP contribution in [0, 0.1) is 0 Å². The summed E-state index contributed by atoms with van der Waals surface area (Å²) in [6, 6.07) is 6.88. The van der Waals surface area contributed by atoms with E-state index in [0.717, 1.165) is 0 Å². The molecule has 0 spiro atoms. The monoisotopic (exact) mass is 285 g/mol. The second-order valence-electron chi connectivity index (χ2n) is 4.16. The van der Waals surface area contributed by atoms with Gasteiger partial charge in [0.1, 0.15) is 6.10 Å². The number of benzene rings is 1. The van der Waals surface area contributed by atoms with Crippen LogP contribution in [0.4, 0.5) is 0 Å². The van der Waals surface area contributed by atoms with Gasteiger partial charge < -0.3 is 15.2 Å². The quantitative estimate of drug-likeness (QED) is 0.808. The zero-order chi connectivity index (χ0) is 14.3. The molecule has 0 fully saturated rings. The van der Waals surface area contributed by atoms with Crippen molar-refractivity contribution in [3.05, 3.63) is 34.9 Å². The van der Waals surface area contributed by atoms with Crippen molar-refractivity contribution >= 4 is 17.5 Å². The number of carbonyl (C=O) groups is 1. The van der Waals surface area contributed by atoms with Crippen molar-refractivity contribution in [2.45, 2.75) is 32.5 Å². The van der Waals surface area contributed by atoms with Gasteiger partial charge in [-0.1, -0.05) is 30.7 Å². The number of ether oxygens (including phenoxy) is 1. The largest absolute Gasteiger partial charge is 0.387 e. The van der Waals surface area contributed by atoms with Crippen molar-refractivity contribution in [3.63, 3.8) is 0 Å². The van der Waals surface area contributed by atoms with Crippen molar-refractivity contribution in [1.82, 2.24) is 5.32 Å². The first-order valence-electron chi connectivity index (χ1n) is 6.41. The summed E-state index contributed by atoms with van der Waals surface area (Å²) >= 11 is 5.77. The summed E-state index contributed by atoms with van der Waals surface area (Å²) in [6.07, 6.45) is -0.598. The van der Waals surface area contributed by atoms with Crippen LogP contribution in [-0.2, 0) is 9.53 Å². The molecule has 2 atom stereocenters. The summed E-state index contributed by atoms with van der Waals surface area (Å²) in [6.45, 7) is 4.38. The van der Waals surface area contributed by atoms with E-state index >= 15 is 0 Å². The van der Waals surface area contributed by atoms with Crippen LogP contribution in [0.3, 0.4) is 0 Å². The van der Waals surface area contributed by atoms with Gasteiger partial charge in [0.25, 0.3) is 0 Å². The smallest absolute Gasteiger partial charge is 0.249 e. The third kappa shape index (κ3) is 5.19. The number of rotatable bonds is 7. The Morgan fingerprint density at radius 1 is 1.37 bits per heavy atom. The van der Waals surface area contributed by atoms with Gasteiger partial charge in [0.2, 0.25) is 5.91 Å². The molecule has 0 saturated heterocycles. The minimum absolute atomic E-state index is 0.157. The van der Waals surface area contributed by atoms with Gasteiger partial charge in [-0.05, 0) is 31.0 Å². The average molecular weight is 286 g/mol. The Hall–Kier alpha value is -1.10. The highest BCUT2D eigenvalue weighted by molar-refractivity contribution is 6.30. The van der Waals surface area contributed by atoms with Crippen molar-refractivity contribution in [1.29, 1.82) is 0 Å². The lowest BCUT2D eigenvalue weighted by Gasteiger charge is -2.17. The van der Waals surface area contributed by atoms with E-state index < -0.39 is 12.2 Å². The van der Waals surface area contributed by atoms with Gasteiger partial charge in [0, 0.05) is 18.2 Å². The fourth-order valence-corrected chi connectivity index (χ4v) is 1.82. The number of aliphatic hydroxyl groups is 1. The highest BCUT2D eigenvalue weighted by atomic mass is 35.5. The molecule has 1 rings (SSSR count). The van der Waals surface area contributed by atoms with Gasteiger partial charge in [0.15, 0.2) is 0 Å². The Balaban J connectivity index is 2.47. The minimum atomic E-state index is -0.750. The molecule has 0 aliphatic heterocycles. The summed E-state index contributed by atoms with van der Waals surface area (Å²) in [5, 5.41) is 13.2. The van der Waals surface area contributed by atoms with Crippen LogP contribution in [-0.4, -0.2) is 30.3 Å². The SMILES string of the molecule is CCOC(CC)C(=O)NCC(O)c1ccc(Cl)cc1. The fourth-order valence-electron chi connectivity index (χ4n) is 1.69. The zero-order valence-electron chi connectivity index (χ0n) is 11.2. The summed E-state index contributed by atoms with van der Waals surface area (Å²) in [7, 11) is 0. The third-order valence-corrected chi connectivity index (χ3v) is 3.01. The van der Waals surface area contributed by atoms with E-state index in [1.807, 2.05) is 13.8 Å². The molecular formula is C14H20ClNO3. The molecule has 1 aromatic rings. The van der Waals surface area contributed by atoms with Crippen LogP contribution >= 0.6 is 11.6 Å². The minimum Gasteiger partial charge on any atom is -0.387 e.